The van der Waals surface area contributed by atoms with E-state index in [0.29, 0.717) is 23.7 Å². The lowest BCUT2D eigenvalue weighted by Crippen LogP contribution is -2.42. The molecule has 0 N–H and O–H groups in total. The van der Waals surface area contributed by atoms with Crippen molar-refractivity contribution in [1.29, 1.82) is 0 Å². The first-order valence-electron chi connectivity index (χ1n) is 6.48. The van der Waals surface area contributed by atoms with E-state index in [0.717, 1.165) is 13.2 Å². The largest absolute Gasteiger partial charge is 0.352 e. The molecule has 0 aromatic heterocycles. The molecule has 1 aliphatic heterocycles. The van der Waals surface area contributed by atoms with Gasteiger partial charge in [-0.25, -0.2) is 0 Å². The molecule has 0 bridgehead atoms. The normalized spacial score (nSPS) is 45.2. The summed E-state index contributed by atoms with van der Waals surface area (Å²) in [6.07, 6.45) is 3.59. The van der Waals surface area contributed by atoms with E-state index in [9.17, 15) is 0 Å². The Morgan fingerprint density at radius 1 is 1.12 bits per heavy atom. The first-order valence-corrected chi connectivity index (χ1v) is 6.48. The fourth-order valence-corrected chi connectivity index (χ4v) is 3.14. The van der Waals surface area contributed by atoms with Crippen molar-refractivity contribution in [2.24, 2.45) is 23.7 Å². The summed E-state index contributed by atoms with van der Waals surface area (Å²) in [5.74, 6) is 2.31. The van der Waals surface area contributed by atoms with Crippen molar-refractivity contribution in [2.45, 2.75) is 40.4 Å². The Bertz CT molecular complexity index is 264. The second-order valence-electron chi connectivity index (χ2n) is 5.77. The predicted molar refractivity (Wildman–Crippen MR) is 65.0 cm³/mol. The van der Waals surface area contributed by atoms with Gasteiger partial charge in [0, 0.05) is 11.8 Å². The summed E-state index contributed by atoms with van der Waals surface area (Å²) in [6, 6.07) is 0. The minimum atomic E-state index is 0.0190. The third-order valence-corrected chi connectivity index (χ3v) is 3.86. The fourth-order valence-electron chi connectivity index (χ4n) is 3.14. The molecule has 0 aromatic carbocycles. The van der Waals surface area contributed by atoms with Crippen LogP contribution in [-0.2, 0) is 9.47 Å². The zero-order chi connectivity index (χ0) is 11.7. The summed E-state index contributed by atoms with van der Waals surface area (Å²) in [5.41, 5.74) is 1.51. The standard InChI is InChI=1S/C14H24O2/c1-9-5-11(3)13(12(4)6-9)14-15-7-10(2)8-16-14/h5,10-14H,6-8H2,1-4H3/t10?,11-,12+,13+,14?/m1/s1. The first-order chi connectivity index (χ1) is 7.58. The SMILES string of the molecule is CC1=C[C@@H](C)[C@H](C2OCC(C)CO2)[C@@H](C)C1. The summed E-state index contributed by atoms with van der Waals surface area (Å²) < 4.78 is 11.7. The van der Waals surface area contributed by atoms with Crippen LogP contribution in [-0.4, -0.2) is 19.5 Å². The van der Waals surface area contributed by atoms with Crippen molar-refractivity contribution < 1.29 is 9.47 Å². The number of ether oxygens (including phenoxy) is 2. The average molecular weight is 224 g/mol. The minimum Gasteiger partial charge on any atom is -0.352 e. The highest BCUT2D eigenvalue weighted by atomic mass is 16.7. The number of hydrogen-bond donors (Lipinski definition) is 0. The van der Waals surface area contributed by atoms with Gasteiger partial charge in [0.2, 0.25) is 0 Å². The smallest absolute Gasteiger partial charge is 0.161 e. The van der Waals surface area contributed by atoms with Gasteiger partial charge in [0.25, 0.3) is 0 Å². The van der Waals surface area contributed by atoms with Gasteiger partial charge in [0.15, 0.2) is 6.29 Å². The number of rotatable bonds is 1. The summed E-state index contributed by atoms with van der Waals surface area (Å²) in [4.78, 5) is 0. The zero-order valence-corrected chi connectivity index (χ0v) is 10.9. The average Bonchev–Trinajstić information content (AvgIpc) is 2.19. The van der Waals surface area contributed by atoms with Gasteiger partial charge in [0.05, 0.1) is 13.2 Å². The van der Waals surface area contributed by atoms with Gasteiger partial charge < -0.3 is 9.47 Å². The van der Waals surface area contributed by atoms with Crippen LogP contribution in [0.4, 0.5) is 0 Å². The molecular weight excluding hydrogens is 200 g/mol. The predicted octanol–water partition coefficient (Wildman–Crippen LogP) is 3.23. The lowest BCUT2D eigenvalue weighted by molar-refractivity contribution is -0.235. The molecule has 1 fully saturated rings. The lowest BCUT2D eigenvalue weighted by Gasteiger charge is -2.40. The molecule has 1 heterocycles. The molecule has 0 unspecified atom stereocenters. The molecule has 2 heteroatoms. The van der Waals surface area contributed by atoms with Crippen LogP contribution in [0.25, 0.3) is 0 Å². The van der Waals surface area contributed by atoms with E-state index in [2.05, 4.69) is 33.8 Å². The molecule has 2 nitrogen and oxygen atoms in total. The van der Waals surface area contributed by atoms with Crippen LogP contribution in [0.1, 0.15) is 34.1 Å². The third-order valence-electron chi connectivity index (χ3n) is 3.86. The van der Waals surface area contributed by atoms with Gasteiger partial charge in [-0.1, -0.05) is 32.4 Å². The van der Waals surface area contributed by atoms with E-state index in [4.69, 9.17) is 9.47 Å². The molecular formula is C14H24O2. The number of hydrogen-bond acceptors (Lipinski definition) is 2. The third kappa shape index (κ3) is 2.49. The summed E-state index contributed by atoms with van der Waals surface area (Å²) in [6.45, 7) is 10.7. The second kappa shape index (κ2) is 4.89. The molecule has 16 heavy (non-hydrogen) atoms. The van der Waals surface area contributed by atoms with E-state index in [-0.39, 0.29) is 6.29 Å². The van der Waals surface area contributed by atoms with Crippen LogP contribution in [0.2, 0.25) is 0 Å². The Morgan fingerprint density at radius 2 is 1.75 bits per heavy atom. The van der Waals surface area contributed by atoms with Crippen molar-refractivity contribution in [2.75, 3.05) is 13.2 Å². The van der Waals surface area contributed by atoms with E-state index < -0.39 is 0 Å². The molecule has 0 amide bonds. The summed E-state index contributed by atoms with van der Waals surface area (Å²) in [5, 5.41) is 0. The quantitative estimate of drug-likeness (QED) is 0.637. The van der Waals surface area contributed by atoms with Crippen LogP contribution >= 0.6 is 0 Å². The molecule has 2 rings (SSSR count). The molecule has 0 radical (unpaired) electrons. The van der Waals surface area contributed by atoms with Crippen LogP contribution in [0.15, 0.2) is 11.6 Å². The second-order valence-corrected chi connectivity index (χ2v) is 5.77. The molecule has 0 aromatic rings. The highest BCUT2D eigenvalue weighted by Gasteiger charge is 2.36. The molecule has 1 saturated heterocycles. The van der Waals surface area contributed by atoms with E-state index in [1.165, 1.54) is 12.0 Å². The van der Waals surface area contributed by atoms with Gasteiger partial charge in [-0.05, 0) is 25.2 Å². The lowest BCUT2D eigenvalue weighted by atomic mass is 9.74. The van der Waals surface area contributed by atoms with Crippen LogP contribution in [0.5, 0.6) is 0 Å². The van der Waals surface area contributed by atoms with Crippen LogP contribution in [0, 0.1) is 23.7 Å². The Labute approximate surface area is 99.0 Å². The molecule has 3 atom stereocenters. The monoisotopic (exact) mass is 224 g/mol. The topological polar surface area (TPSA) is 18.5 Å². The Hall–Kier alpha value is -0.340. The Kier molecular flexibility index (Phi) is 3.70. The molecule has 1 aliphatic carbocycles. The van der Waals surface area contributed by atoms with Gasteiger partial charge in [-0.3, -0.25) is 0 Å². The van der Waals surface area contributed by atoms with Gasteiger partial charge >= 0.3 is 0 Å². The van der Waals surface area contributed by atoms with E-state index >= 15 is 0 Å². The first kappa shape index (κ1) is 12.1. The van der Waals surface area contributed by atoms with Crippen molar-refractivity contribution >= 4 is 0 Å². The molecule has 92 valence electrons. The van der Waals surface area contributed by atoms with Crippen molar-refractivity contribution in [3.8, 4) is 0 Å². The Balaban J connectivity index is 2.03. The van der Waals surface area contributed by atoms with Crippen molar-refractivity contribution in [3.63, 3.8) is 0 Å². The molecule has 2 aliphatic rings. The highest BCUT2D eigenvalue weighted by molar-refractivity contribution is 5.08. The minimum absolute atomic E-state index is 0.0190. The van der Waals surface area contributed by atoms with E-state index in [1.54, 1.807) is 0 Å². The van der Waals surface area contributed by atoms with Gasteiger partial charge in [0.1, 0.15) is 0 Å². The molecule has 0 saturated carbocycles. The fraction of sp³-hybridized carbons (Fsp3) is 0.857. The maximum atomic E-state index is 5.85. The highest BCUT2D eigenvalue weighted by Crippen LogP contribution is 2.38. The van der Waals surface area contributed by atoms with Crippen LogP contribution < -0.4 is 0 Å². The Morgan fingerprint density at radius 3 is 2.31 bits per heavy atom. The molecule has 0 spiro atoms. The maximum Gasteiger partial charge on any atom is 0.161 e. The summed E-state index contributed by atoms with van der Waals surface area (Å²) >= 11 is 0. The van der Waals surface area contributed by atoms with Gasteiger partial charge in [-0.15, -0.1) is 0 Å². The van der Waals surface area contributed by atoms with Crippen molar-refractivity contribution in [3.05, 3.63) is 11.6 Å². The number of allylic oxidation sites excluding steroid dienone is 2. The van der Waals surface area contributed by atoms with Gasteiger partial charge in [-0.2, -0.15) is 0 Å². The maximum absolute atomic E-state index is 5.85. The van der Waals surface area contributed by atoms with Crippen molar-refractivity contribution in [1.82, 2.24) is 0 Å². The zero-order valence-electron chi connectivity index (χ0n) is 10.9. The van der Waals surface area contributed by atoms with Crippen LogP contribution in [0.3, 0.4) is 0 Å². The van der Waals surface area contributed by atoms with E-state index in [1.807, 2.05) is 0 Å². The summed E-state index contributed by atoms with van der Waals surface area (Å²) in [7, 11) is 0.